The van der Waals surface area contributed by atoms with Crippen LogP contribution in [0.5, 0.6) is 5.75 Å². The number of hydrogen-bond acceptors (Lipinski definition) is 5. The lowest BCUT2D eigenvalue weighted by Gasteiger charge is -2.31. The number of nitrogens with zero attached hydrogens (tertiary/aromatic N) is 3. The molecule has 1 aliphatic heterocycles. The third-order valence-corrected chi connectivity index (χ3v) is 6.80. The molecule has 0 bridgehead atoms. The molecule has 1 saturated heterocycles. The maximum Gasteiger partial charge on any atom is 0.246 e. The number of phenolic OH excluding ortho intramolecular Hbond substituents is 1. The average molecular weight is 491 g/mol. The van der Waals surface area contributed by atoms with Crippen LogP contribution in [0, 0.1) is 12.8 Å². The van der Waals surface area contributed by atoms with Crippen molar-refractivity contribution >= 4 is 11.8 Å². The smallest absolute Gasteiger partial charge is 0.246 e. The van der Waals surface area contributed by atoms with Crippen molar-refractivity contribution < 1.29 is 19.8 Å². The van der Waals surface area contributed by atoms with E-state index in [9.17, 15) is 19.8 Å². The lowest BCUT2D eigenvalue weighted by Crippen LogP contribution is -2.49. The number of nitrogens with one attached hydrogen (secondary N) is 1. The van der Waals surface area contributed by atoms with Gasteiger partial charge in [-0.25, -0.2) is 4.98 Å². The van der Waals surface area contributed by atoms with E-state index in [2.05, 4.69) is 10.3 Å². The van der Waals surface area contributed by atoms with Gasteiger partial charge in [0.05, 0.1) is 24.7 Å². The Morgan fingerprint density at radius 2 is 1.86 bits per heavy atom. The van der Waals surface area contributed by atoms with Crippen molar-refractivity contribution in [3.8, 4) is 16.9 Å². The SMILES string of the molecule is Cc1cn([C@H](C(=O)N2CCC[C@H]2C(=O)N[C@@H](CO)c2ccc(-c3ccccc3O)cc2)C(C)C)cn1. The van der Waals surface area contributed by atoms with Crippen molar-refractivity contribution in [1.82, 2.24) is 19.8 Å². The van der Waals surface area contributed by atoms with Gasteiger partial charge in [-0.1, -0.05) is 56.3 Å². The van der Waals surface area contributed by atoms with Gasteiger partial charge in [-0.2, -0.15) is 0 Å². The van der Waals surface area contributed by atoms with Crippen LogP contribution in [0.4, 0.5) is 0 Å². The van der Waals surface area contributed by atoms with E-state index in [0.717, 1.165) is 23.2 Å². The fourth-order valence-electron chi connectivity index (χ4n) is 4.94. The summed E-state index contributed by atoms with van der Waals surface area (Å²) < 4.78 is 1.83. The Bertz CT molecular complexity index is 1200. The predicted molar refractivity (Wildman–Crippen MR) is 137 cm³/mol. The Hall–Kier alpha value is -3.65. The Kier molecular flexibility index (Phi) is 7.74. The summed E-state index contributed by atoms with van der Waals surface area (Å²) in [6.07, 6.45) is 4.85. The normalized spacial score (nSPS) is 17.2. The second-order valence-electron chi connectivity index (χ2n) is 9.72. The number of rotatable bonds is 8. The van der Waals surface area contributed by atoms with Crippen molar-refractivity contribution in [2.75, 3.05) is 13.2 Å². The molecule has 4 rings (SSSR count). The summed E-state index contributed by atoms with van der Waals surface area (Å²) in [5.74, 6) is -0.140. The zero-order valence-electron chi connectivity index (χ0n) is 21.0. The molecule has 0 aliphatic carbocycles. The Morgan fingerprint density at radius 1 is 1.14 bits per heavy atom. The van der Waals surface area contributed by atoms with E-state index in [1.165, 1.54) is 0 Å². The van der Waals surface area contributed by atoms with Crippen LogP contribution in [0.2, 0.25) is 0 Å². The molecule has 0 radical (unpaired) electrons. The topological polar surface area (TPSA) is 108 Å². The first kappa shape index (κ1) is 25.4. The zero-order chi connectivity index (χ0) is 25.8. The zero-order valence-corrected chi connectivity index (χ0v) is 21.0. The van der Waals surface area contributed by atoms with Crippen LogP contribution in [0.1, 0.15) is 50.0 Å². The molecule has 1 aromatic heterocycles. The van der Waals surface area contributed by atoms with Crippen LogP contribution in [0.15, 0.2) is 61.1 Å². The van der Waals surface area contributed by atoms with Gasteiger partial charge in [0.25, 0.3) is 0 Å². The standard InChI is InChI=1S/C28H34N4O4/c1-18(2)26(31-15-19(3)29-17-31)28(36)32-14-6-8-24(32)27(35)30-23(16-33)21-12-10-20(11-13-21)22-7-4-5-9-25(22)34/h4-5,7,9-13,15,17-18,23-24,26,33-34H,6,8,14,16H2,1-3H3,(H,30,35)/t23-,24-,26-/m0/s1. The van der Waals surface area contributed by atoms with Crippen LogP contribution in [-0.4, -0.2) is 55.7 Å². The van der Waals surface area contributed by atoms with Crippen LogP contribution in [-0.2, 0) is 9.59 Å². The van der Waals surface area contributed by atoms with Crippen molar-refractivity contribution in [3.05, 3.63) is 72.3 Å². The van der Waals surface area contributed by atoms with E-state index in [1.807, 2.05) is 67.9 Å². The van der Waals surface area contributed by atoms with Crippen molar-refractivity contribution in [3.63, 3.8) is 0 Å². The minimum Gasteiger partial charge on any atom is -0.507 e. The maximum atomic E-state index is 13.6. The summed E-state index contributed by atoms with van der Waals surface area (Å²) in [5.41, 5.74) is 3.13. The van der Waals surface area contributed by atoms with Gasteiger partial charge in [0.2, 0.25) is 11.8 Å². The highest BCUT2D eigenvalue weighted by Gasteiger charge is 2.39. The van der Waals surface area contributed by atoms with Crippen LogP contribution >= 0.6 is 0 Å². The third kappa shape index (κ3) is 5.28. The molecule has 1 fully saturated rings. The van der Waals surface area contributed by atoms with Gasteiger partial charge in [0.1, 0.15) is 17.8 Å². The molecule has 2 amide bonds. The number of aromatic hydroxyl groups is 1. The van der Waals surface area contributed by atoms with Crippen molar-refractivity contribution in [2.24, 2.45) is 5.92 Å². The molecule has 8 nitrogen and oxygen atoms in total. The third-order valence-electron chi connectivity index (χ3n) is 6.80. The highest BCUT2D eigenvalue weighted by molar-refractivity contribution is 5.90. The summed E-state index contributed by atoms with van der Waals surface area (Å²) in [4.78, 5) is 32.8. The first-order valence-electron chi connectivity index (χ1n) is 12.4. The molecule has 36 heavy (non-hydrogen) atoms. The second kappa shape index (κ2) is 11.0. The number of likely N-dealkylation sites (tertiary alicyclic amines) is 1. The summed E-state index contributed by atoms with van der Waals surface area (Å²) in [6, 6.07) is 12.8. The molecule has 3 N–H and O–H groups in total. The molecule has 0 spiro atoms. The van der Waals surface area contributed by atoms with E-state index < -0.39 is 18.1 Å². The largest absolute Gasteiger partial charge is 0.507 e. The minimum absolute atomic E-state index is 0.0307. The van der Waals surface area contributed by atoms with Crippen LogP contribution < -0.4 is 5.32 Å². The number of amides is 2. The highest BCUT2D eigenvalue weighted by atomic mass is 16.3. The number of benzene rings is 2. The van der Waals surface area contributed by atoms with E-state index in [1.54, 1.807) is 23.4 Å². The van der Waals surface area contributed by atoms with Gasteiger partial charge >= 0.3 is 0 Å². The van der Waals surface area contributed by atoms with E-state index in [4.69, 9.17) is 0 Å². The first-order valence-corrected chi connectivity index (χ1v) is 12.4. The fourth-order valence-corrected chi connectivity index (χ4v) is 4.94. The summed E-state index contributed by atoms with van der Waals surface area (Å²) in [5, 5.41) is 23.1. The van der Waals surface area contributed by atoms with E-state index in [-0.39, 0.29) is 30.1 Å². The van der Waals surface area contributed by atoms with E-state index in [0.29, 0.717) is 18.5 Å². The molecule has 190 valence electrons. The molecule has 1 aliphatic rings. The maximum absolute atomic E-state index is 13.6. The summed E-state index contributed by atoms with van der Waals surface area (Å²) in [7, 11) is 0. The molecule has 2 heterocycles. The van der Waals surface area contributed by atoms with E-state index >= 15 is 0 Å². The number of hydrogen-bond donors (Lipinski definition) is 3. The fraction of sp³-hybridized carbons (Fsp3) is 0.393. The quantitative estimate of drug-likeness (QED) is 0.447. The number of carbonyl (C=O) groups is 2. The second-order valence-corrected chi connectivity index (χ2v) is 9.72. The number of aryl methyl sites for hydroxylation is 1. The molecule has 3 aromatic rings. The summed E-state index contributed by atoms with van der Waals surface area (Å²) in [6.45, 7) is 6.11. The minimum atomic E-state index is -0.606. The van der Waals surface area contributed by atoms with Crippen molar-refractivity contribution in [1.29, 1.82) is 0 Å². The number of para-hydroxylation sites is 1. The first-order chi connectivity index (χ1) is 17.3. The number of imidazole rings is 1. The lowest BCUT2D eigenvalue weighted by molar-refractivity contribution is -0.142. The number of aromatic nitrogens is 2. The molecule has 8 heteroatoms. The van der Waals surface area contributed by atoms with Gasteiger partial charge in [-0.3, -0.25) is 9.59 Å². The highest BCUT2D eigenvalue weighted by Crippen LogP contribution is 2.30. The molecular weight excluding hydrogens is 456 g/mol. The predicted octanol–water partition coefficient (Wildman–Crippen LogP) is 3.60. The van der Waals surface area contributed by atoms with Gasteiger partial charge in [0.15, 0.2) is 0 Å². The monoisotopic (exact) mass is 490 g/mol. The Morgan fingerprint density at radius 3 is 2.47 bits per heavy atom. The van der Waals surface area contributed by atoms with Gasteiger partial charge < -0.3 is 25.0 Å². The number of carbonyl (C=O) groups excluding carboxylic acids is 2. The van der Waals surface area contributed by atoms with Crippen LogP contribution in [0.3, 0.4) is 0 Å². The molecule has 2 aromatic carbocycles. The van der Waals surface area contributed by atoms with Crippen molar-refractivity contribution in [2.45, 2.75) is 51.7 Å². The lowest BCUT2D eigenvalue weighted by atomic mass is 10.00. The molecule has 3 atom stereocenters. The number of aliphatic hydroxyl groups excluding tert-OH is 1. The molecule has 0 unspecified atom stereocenters. The van der Waals surface area contributed by atoms with Gasteiger partial charge in [-0.15, -0.1) is 0 Å². The average Bonchev–Trinajstić information content (AvgIpc) is 3.52. The van der Waals surface area contributed by atoms with Gasteiger partial charge in [0, 0.05) is 18.3 Å². The number of phenols is 1. The molecule has 0 saturated carbocycles. The van der Waals surface area contributed by atoms with Crippen LogP contribution in [0.25, 0.3) is 11.1 Å². The summed E-state index contributed by atoms with van der Waals surface area (Å²) >= 11 is 0. The Balaban J connectivity index is 1.48. The Labute approximate surface area is 211 Å². The van der Waals surface area contributed by atoms with Gasteiger partial charge in [-0.05, 0) is 42.9 Å². The number of aliphatic hydroxyl groups is 1. The molecular formula is C28H34N4O4.